The Kier molecular flexibility index (Phi) is 3.38. The van der Waals surface area contributed by atoms with Crippen LogP contribution in [0.1, 0.15) is 36.6 Å². The van der Waals surface area contributed by atoms with E-state index in [1.54, 1.807) is 7.11 Å². The third-order valence-electron chi connectivity index (χ3n) is 4.07. The lowest BCUT2D eigenvalue weighted by Gasteiger charge is -2.19. The first-order valence-corrected chi connectivity index (χ1v) is 7.11. The fourth-order valence-corrected chi connectivity index (χ4v) is 2.78. The summed E-state index contributed by atoms with van der Waals surface area (Å²) in [5.41, 5.74) is 2.76. The second-order valence-electron chi connectivity index (χ2n) is 6.07. The molecule has 110 valence electrons. The highest BCUT2D eigenvalue weighted by atomic mass is 16.5. The van der Waals surface area contributed by atoms with Gasteiger partial charge in [0.15, 0.2) is 0 Å². The lowest BCUT2D eigenvalue weighted by atomic mass is 9.85. The van der Waals surface area contributed by atoms with Gasteiger partial charge in [0.2, 0.25) is 0 Å². The average Bonchev–Trinajstić information content (AvgIpc) is 2.81. The number of rotatable bonds is 3. The van der Waals surface area contributed by atoms with Gasteiger partial charge in [-0.2, -0.15) is 0 Å². The van der Waals surface area contributed by atoms with Crippen molar-refractivity contribution >= 4 is 0 Å². The van der Waals surface area contributed by atoms with Crippen LogP contribution < -0.4 is 9.47 Å². The molecule has 1 aliphatic heterocycles. The summed E-state index contributed by atoms with van der Waals surface area (Å²) in [4.78, 5) is 0. The van der Waals surface area contributed by atoms with Crippen LogP contribution >= 0.6 is 0 Å². The minimum atomic E-state index is -0.706. The number of aliphatic hydroxyl groups is 1. The molecule has 0 radical (unpaired) electrons. The zero-order valence-corrected chi connectivity index (χ0v) is 12.6. The molecule has 3 rings (SSSR count). The highest BCUT2D eigenvalue weighted by Crippen LogP contribution is 2.40. The fraction of sp³-hybridized carbons (Fsp3) is 0.333. The van der Waals surface area contributed by atoms with Gasteiger partial charge >= 0.3 is 0 Å². The van der Waals surface area contributed by atoms with Gasteiger partial charge in [-0.15, -0.1) is 0 Å². The summed E-state index contributed by atoms with van der Waals surface area (Å²) in [5.74, 6) is 1.61. The summed E-state index contributed by atoms with van der Waals surface area (Å²) < 4.78 is 11.0. The quantitative estimate of drug-likeness (QED) is 0.938. The van der Waals surface area contributed by atoms with Gasteiger partial charge < -0.3 is 14.6 Å². The molecular formula is C18H20O3. The van der Waals surface area contributed by atoms with Gasteiger partial charge in [-0.1, -0.05) is 38.1 Å². The third-order valence-corrected chi connectivity index (χ3v) is 4.07. The Labute approximate surface area is 125 Å². The molecule has 1 atom stereocenters. The van der Waals surface area contributed by atoms with Gasteiger partial charge in [-0.3, -0.25) is 0 Å². The number of hydrogen-bond donors (Lipinski definition) is 1. The van der Waals surface area contributed by atoms with Crippen molar-refractivity contribution in [3.05, 3.63) is 59.2 Å². The molecule has 2 aromatic carbocycles. The Balaban J connectivity index is 2.01. The molecule has 0 bridgehead atoms. The first-order valence-electron chi connectivity index (χ1n) is 7.11. The molecule has 1 N–H and O–H groups in total. The van der Waals surface area contributed by atoms with Crippen molar-refractivity contribution in [2.75, 3.05) is 13.7 Å². The summed E-state index contributed by atoms with van der Waals surface area (Å²) in [6, 6.07) is 13.4. The third kappa shape index (κ3) is 2.38. The van der Waals surface area contributed by atoms with E-state index in [1.165, 1.54) is 0 Å². The highest BCUT2D eigenvalue weighted by molar-refractivity contribution is 5.48. The van der Waals surface area contributed by atoms with E-state index in [4.69, 9.17) is 9.47 Å². The fourth-order valence-electron chi connectivity index (χ4n) is 2.78. The number of ether oxygens (including phenoxy) is 2. The molecule has 21 heavy (non-hydrogen) atoms. The monoisotopic (exact) mass is 284 g/mol. The van der Waals surface area contributed by atoms with Crippen LogP contribution in [0.4, 0.5) is 0 Å². The molecule has 0 fully saturated rings. The van der Waals surface area contributed by atoms with Crippen LogP contribution in [0.2, 0.25) is 0 Å². The molecule has 0 aliphatic carbocycles. The highest BCUT2D eigenvalue weighted by Gasteiger charge is 2.32. The Morgan fingerprint density at radius 1 is 1.19 bits per heavy atom. The van der Waals surface area contributed by atoms with Crippen LogP contribution in [-0.2, 0) is 5.41 Å². The van der Waals surface area contributed by atoms with Crippen molar-refractivity contribution in [1.29, 1.82) is 0 Å². The lowest BCUT2D eigenvalue weighted by Crippen LogP contribution is -2.18. The van der Waals surface area contributed by atoms with Crippen molar-refractivity contribution in [3.8, 4) is 11.5 Å². The van der Waals surface area contributed by atoms with E-state index in [0.29, 0.717) is 12.4 Å². The van der Waals surface area contributed by atoms with E-state index in [0.717, 1.165) is 22.4 Å². The van der Waals surface area contributed by atoms with E-state index in [2.05, 4.69) is 13.8 Å². The largest absolute Gasteiger partial charge is 0.496 e. The second-order valence-corrected chi connectivity index (χ2v) is 6.07. The summed E-state index contributed by atoms with van der Waals surface area (Å²) in [5, 5.41) is 10.7. The van der Waals surface area contributed by atoms with Crippen LogP contribution in [0.25, 0.3) is 0 Å². The molecule has 1 unspecified atom stereocenters. The van der Waals surface area contributed by atoms with E-state index in [-0.39, 0.29) is 5.41 Å². The molecule has 0 saturated heterocycles. The van der Waals surface area contributed by atoms with Crippen LogP contribution in [-0.4, -0.2) is 18.8 Å². The Morgan fingerprint density at radius 3 is 2.71 bits per heavy atom. The van der Waals surface area contributed by atoms with E-state index >= 15 is 0 Å². The van der Waals surface area contributed by atoms with Gasteiger partial charge in [-0.25, -0.2) is 0 Å². The second kappa shape index (κ2) is 5.08. The first-order chi connectivity index (χ1) is 10.0. The van der Waals surface area contributed by atoms with E-state index < -0.39 is 6.10 Å². The smallest absolute Gasteiger partial charge is 0.125 e. The lowest BCUT2D eigenvalue weighted by molar-refractivity contribution is 0.214. The maximum Gasteiger partial charge on any atom is 0.125 e. The van der Waals surface area contributed by atoms with Gasteiger partial charge in [0.25, 0.3) is 0 Å². The van der Waals surface area contributed by atoms with Crippen LogP contribution in [0.15, 0.2) is 42.5 Å². The average molecular weight is 284 g/mol. The van der Waals surface area contributed by atoms with Gasteiger partial charge in [0, 0.05) is 16.5 Å². The first kappa shape index (κ1) is 14.0. The zero-order chi connectivity index (χ0) is 15.0. The molecule has 0 aromatic heterocycles. The molecule has 1 heterocycles. The predicted molar refractivity (Wildman–Crippen MR) is 82.0 cm³/mol. The molecule has 1 aliphatic rings. The SMILES string of the molecule is COc1ccccc1C(O)c1ccc2c(c1)C(C)(C)CO2. The van der Waals surface area contributed by atoms with Gasteiger partial charge in [-0.05, 0) is 23.8 Å². The number of hydrogen-bond acceptors (Lipinski definition) is 3. The maximum atomic E-state index is 10.7. The summed E-state index contributed by atoms with van der Waals surface area (Å²) in [6.07, 6.45) is -0.706. The van der Waals surface area contributed by atoms with Gasteiger partial charge in [0.1, 0.15) is 17.6 Å². The predicted octanol–water partition coefficient (Wildman–Crippen LogP) is 3.45. The summed E-state index contributed by atoms with van der Waals surface area (Å²) >= 11 is 0. The van der Waals surface area contributed by atoms with Crippen LogP contribution in [0, 0.1) is 0 Å². The summed E-state index contributed by atoms with van der Waals surface area (Å²) in [7, 11) is 1.62. The number of methoxy groups -OCH3 is 1. The minimum absolute atomic E-state index is 0.0220. The molecular weight excluding hydrogens is 264 g/mol. The van der Waals surface area contributed by atoms with Crippen LogP contribution in [0.3, 0.4) is 0 Å². The van der Waals surface area contributed by atoms with Crippen molar-refractivity contribution in [2.45, 2.75) is 25.4 Å². The normalized spacial score (nSPS) is 17.0. The number of aliphatic hydroxyl groups excluding tert-OH is 1. The van der Waals surface area contributed by atoms with E-state index in [1.807, 2.05) is 42.5 Å². The van der Waals surface area contributed by atoms with Crippen molar-refractivity contribution in [3.63, 3.8) is 0 Å². The van der Waals surface area contributed by atoms with Gasteiger partial charge in [0.05, 0.1) is 13.7 Å². The Morgan fingerprint density at radius 2 is 1.95 bits per heavy atom. The standard InChI is InChI=1S/C18H20O3/c1-18(2)11-21-16-9-8-12(10-14(16)18)17(19)13-6-4-5-7-15(13)20-3/h4-10,17,19H,11H2,1-3H3. The maximum absolute atomic E-state index is 10.7. The number of fused-ring (bicyclic) bond motifs is 1. The van der Waals surface area contributed by atoms with E-state index in [9.17, 15) is 5.11 Å². The van der Waals surface area contributed by atoms with Crippen molar-refractivity contribution in [1.82, 2.24) is 0 Å². The molecule has 0 saturated carbocycles. The minimum Gasteiger partial charge on any atom is -0.496 e. The molecule has 0 spiro atoms. The van der Waals surface area contributed by atoms with Crippen molar-refractivity contribution < 1.29 is 14.6 Å². The summed E-state index contributed by atoms with van der Waals surface area (Å²) in [6.45, 7) is 4.98. The Hall–Kier alpha value is -2.00. The zero-order valence-electron chi connectivity index (χ0n) is 12.6. The topological polar surface area (TPSA) is 38.7 Å². The molecule has 2 aromatic rings. The molecule has 3 nitrogen and oxygen atoms in total. The number of benzene rings is 2. The van der Waals surface area contributed by atoms with Crippen LogP contribution in [0.5, 0.6) is 11.5 Å². The number of para-hydroxylation sites is 1. The molecule has 0 amide bonds. The molecule has 3 heteroatoms. The van der Waals surface area contributed by atoms with Crippen molar-refractivity contribution in [2.24, 2.45) is 0 Å². The Bertz CT molecular complexity index is 661.